The molecular weight excluding hydrogens is 483 g/mol. The molecule has 0 aliphatic carbocycles. The standard InChI is InChI=1S/C21H15ClF3N3O4S/c22-19-10-5-14(12-26-19)11-20(29)28-27-13-15-3-1-2-4-18(15)32-33(30,31)17-8-6-16(7-9-17)21(23,24)25/h1-10,12-13H,11H2,(H,28,29). The first kappa shape index (κ1) is 24.2. The molecule has 1 heterocycles. The summed E-state index contributed by atoms with van der Waals surface area (Å²) in [4.78, 5) is 15.4. The number of nitrogens with zero attached hydrogens (tertiary/aromatic N) is 2. The van der Waals surface area contributed by atoms with Gasteiger partial charge in [0.2, 0.25) is 5.91 Å². The topological polar surface area (TPSA) is 97.7 Å². The third-order valence-corrected chi connectivity index (χ3v) is 5.61. The van der Waals surface area contributed by atoms with Crippen molar-refractivity contribution in [3.63, 3.8) is 0 Å². The van der Waals surface area contributed by atoms with Gasteiger partial charge in [-0.25, -0.2) is 10.4 Å². The molecule has 0 aliphatic rings. The van der Waals surface area contributed by atoms with Gasteiger partial charge in [-0.2, -0.15) is 26.7 Å². The summed E-state index contributed by atoms with van der Waals surface area (Å²) < 4.78 is 68.1. The van der Waals surface area contributed by atoms with Crippen molar-refractivity contribution < 1.29 is 30.6 Å². The first-order valence-electron chi connectivity index (χ1n) is 9.18. The Kier molecular flexibility index (Phi) is 7.34. The Labute approximate surface area is 192 Å². The summed E-state index contributed by atoms with van der Waals surface area (Å²) in [5.41, 5.74) is 2.13. The van der Waals surface area contributed by atoms with Crippen LogP contribution >= 0.6 is 11.6 Å². The molecule has 12 heteroatoms. The smallest absolute Gasteiger partial charge is 0.378 e. The lowest BCUT2D eigenvalue weighted by Crippen LogP contribution is -2.20. The Bertz CT molecular complexity index is 1260. The highest BCUT2D eigenvalue weighted by atomic mass is 35.5. The van der Waals surface area contributed by atoms with Crippen molar-refractivity contribution in [2.45, 2.75) is 17.5 Å². The van der Waals surface area contributed by atoms with Crippen molar-refractivity contribution in [3.05, 3.63) is 88.7 Å². The number of aromatic nitrogens is 1. The second kappa shape index (κ2) is 10.0. The van der Waals surface area contributed by atoms with Gasteiger partial charge in [-0.15, -0.1) is 0 Å². The molecule has 0 radical (unpaired) electrons. The normalized spacial score (nSPS) is 12.0. The highest BCUT2D eigenvalue weighted by Crippen LogP contribution is 2.30. The van der Waals surface area contributed by atoms with Crippen LogP contribution in [0.15, 0.2) is 76.9 Å². The maximum atomic E-state index is 12.7. The zero-order valence-corrected chi connectivity index (χ0v) is 18.2. The van der Waals surface area contributed by atoms with Crippen LogP contribution in [0.25, 0.3) is 0 Å². The van der Waals surface area contributed by atoms with Crippen molar-refractivity contribution in [3.8, 4) is 5.75 Å². The molecule has 1 amide bonds. The van der Waals surface area contributed by atoms with Crippen LogP contribution in [0.2, 0.25) is 5.15 Å². The second-order valence-electron chi connectivity index (χ2n) is 6.56. The van der Waals surface area contributed by atoms with Crippen LogP contribution < -0.4 is 9.61 Å². The van der Waals surface area contributed by atoms with E-state index in [9.17, 15) is 26.4 Å². The fourth-order valence-electron chi connectivity index (χ4n) is 2.55. The number of alkyl halides is 3. The molecule has 0 bridgehead atoms. The Hall–Kier alpha value is -3.44. The zero-order chi connectivity index (χ0) is 24.1. The van der Waals surface area contributed by atoms with Gasteiger partial charge in [0.25, 0.3) is 0 Å². The van der Waals surface area contributed by atoms with Gasteiger partial charge in [0.05, 0.1) is 18.2 Å². The number of hydrazone groups is 1. The molecule has 1 aromatic heterocycles. The van der Waals surface area contributed by atoms with E-state index in [1.165, 1.54) is 36.7 Å². The van der Waals surface area contributed by atoms with Crippen molar-refractivity contribution in [2.24, 2.45) is 5.10 Å². The number of nitrogens with one attached hydrogen (secondary N) is 1. The minimum absolute atomic E-state index is 0.0119. The zero-order valence-electron chi connectivity index (χ0n) is 16.6. The molecule has 0 unspecified atom stereocenters. The van der Waals surface area contributed by atoms with Gasteiger partial charge in [0, 0.05) is 11.8 Å². The number of carbonyl (C=O) groups is 1. The molecule has 0 saturated heterocycles. The van der Waals surface area contributed by atoms with Crippen LogP contribution in [0.3, 0.4) is 0 Å². The first-order chi connectivity index (χ1) is 15.5. The Morgan fingerprint density at radius 2 is 1.79 bits per heavy atom. The highest BCUT2D eigenvalue weighted by molar-refractivity contribution is 7.87. The maximum absolute atomic E-state index is 12.7. The Morgan fingerprint density at radius 1 is 1.09 bits per heavy atom. The summed E-state index contributed by atoms with van der Waals surface area (Å²) in [5.74, 6) is -0.580. The van der Waals surface area contributed by atoms with Crippen LogP contribution in [-0.2, 0) is 27.5 Å². The molecule has 7 nitrogen and oxygen atoms in total. The molecule has 1 N–H and O–H groups in total. The van der Waals surface area contributed by atoms with E-state index in [4.69, 9.17) is 15.8 Å². The van der Waals surface area contributed by atoms with Crippen LogP contribution in [0.1, 0.15) is 16.7 Å². The van der Waals surface area contributed by atoms with Crippen LogP contribution in [0.5, 0.6) is 5.75 Å². The second-order valence-corrected chi connectivity index (χ2v) is 8.49. The quantitative estimate of drug-likeness (QED) is 0.228. The summed E-state index contributed by atoms with van der Waals surface area (Å²) in [6, 6.07) is 12.0. The van der Waals surface area contributed by atoms with E-state index in [1.54, 1.807) is 12.1 Å². The summed E-state index contributed by atoms with van der Waals surface area (Å²) in [7, 11) is -4.42. The molecule has 3 rings (SSSR count). The van der Waals surface area contributed by atoms with Gasteiger partial charge in [-0.1, -0.05) is 29.8 Å². The van der Waals surface area contributed by atoms with E-state index in [1.807, 2.05) is 0 Å². The lowest BCUT2D eigenvalue weighted by Gasteiger charge is -2.11. The lowest BCUT2D eigenvalue weighted by molar-refractivity contribution is -0.137. The number of hydrogen-bond acceptors (Lipinski definition) is 6. The number of halogens is 4. The largest absolute Gasteiger partial charge is 0.416 e. The number of rotatable bonds is 7. The summed E-state index contributed by atoms with van der Waals surface area (Å²) >= 11 is 5.69. The lowest BCUT2D eigenvalue weighted by atomic mass is 10.2. The van der Waals surface area contributed by atoms with Crippen molar-refractivity contribution in [1.29, 1.82) is 0 Å². The number of benzene rings is 2. The Morgan fingerprint density at radius 3 is 2.42 bits per heavy atom. The van der Waals surface area contributed by atoms with Crippen LogP contribution in [0, 0.1) is 0 Å². The maximum Gasteiger partial charge on any atom is 0.416 e. The number of carbonyl (C=O) groups excluding carboxylic acids is 1. The predicted octanol–water partition coefficient (Wildman–Crippen LogP) is 4.21. The molecule has 2 aromatic carbocycles. The van der Waals surface area contributed by atoms with Crippen LogP contribution in [0.4, 0.5) is 13.2 Å². The van der Waals surface area contributed by atoms with E-state index >= 15 is 0 Å². The van der Waals surface area contributed by atoms with Gasteiger partial charge >= 0.3 is 16.3 Å². The SMILES string of the molecule is O=C(Cc1ccc(Cl)nc1)NN=Cc1ccccc1OS(=O)(=O)c1ccc(C(F)(F)F)cc1. The van der Waals surface area contributed by atoms with E-state index in [2.05, 4.69) is 15.5 Å². The van der Waals surface area contributed by atoms with E-state index in [0.29, 0.717) is 22.8 Å². The van der Waals surface area contributed by atoms with Crippen molar-refractivity contribution in [1.82, 2.24) is 10.4 Å². The molecular formula is C21H15ClF3N3O4S. The summed E-state index contributed by atoms with van der Waals surface area (Å²) in [6.07, 6.45) is -1.99. The van der Waals surface area contributed by atoms with Crippen molar-refractivity contribution in [2.75, 3.05) is 0 Å². The van der Waals surface area contributed by atoms with Crippen LogP contribution in [-0.4, -0.2) is 25.5 Å². The van der Waals surface area contributed by atoms with Gasteiger partial charge in [-0.05, 0) is 48.0 Å². The van der Waals surface area contributed by atoms with E-state index in [0.717, 1.165) is 12.1 Å². The minimum Gasteiger partial charge on any atom is -0.378 e. The fourth-order valence-corrected chi connectivity index (χ4v) is 3.62. The van der Waals surface area contributed by atoms with E-state index in [-0.39, 0.29) is 17.7 Å². The molecule has 0 atom stereocenters. The molecule has 0 saturated carbocycles. The molecule has 0 aliphatic heterocycles. The third-order valence-electron chi connectivity index (χ3n) is 4.14. The number of amides is 1. The van der Waals surface area contributed by atoms with Crippen molar-refractivity contribution >= 4 is 33.8 Å². The summed E-state index contributed by atoms with van der Waals surface area (Å²) in [6.45, 7) is 0. The minimum atomic E-state index is -4.60. The molecule has 172 valence electrons. The summed E-state index contributed by atoms with van der Waals surface area (Å²) in [5, 5.41) is 4.08. The number of pyridine rings is 1. The fraction of sp³-hybridized carbons (Fsp3) is 0.0952. The Balaban J connectivity index is 1.69. The molecule has 33 heavy (non-hydrogen) atoms. The number of hydrogen-bond donors (Lipinski definition) is 1. The first-order valence-corrected chi connectivity index (χ1v) is 11.0. The highest BCUT2D eigenvalue weighted by Gasteiger charge is 2.31. The van der Waals surface area contributed by atoms with Gasteiger partial charge < -0.3 is 4.18 Å². The third kappa shape index (κ3) is 6.77. The van der Waals surface area contributed by atoms with E-state index < -0.39 is 32.7 Å². The molecule has 3 aromatic rings. The van der Waals surface area contributed by atoms with Gasteiger partial charge in [0.15, 0.2) is 5.75 Å². The number of para-hydroxylation sites is 1. The average molecular weight is 498 g/mol. The average Bonchev–Trinajstić information content (AvgIpc) is 2.76. The predicted molar refractivity (Wildman–Crippen MR) is 114 cm³/mol. The monoisotopic (exact) mass is 497 g/mol. The van der Waals surface area contributed by atoms with Gasteiger partial charge in [-0.3, -0.25) is 4.79 Å². The van der Waals surface area contributed by atoms with Gasteiger partial charge in [0.1, 0.15) is 10.0 Å². The molecule has 0 spiro atoms. The molecule has 0 fully saturated rings.